The Labute approximate surface area is 173 Å². The molecule has 1 aliphatic heterocycles. The molecule has 2 fully saturated rings. The Morgan fingerprint density at radius 3 is 2.20 bits per heavy atom. The van der Waals surface area contributed by atoms with Crippen molar-refractivity contribution in [2.75, 3.05) is 11.9 Å². The predicted octanol–water partition coefficient (Wildman–Crippen LogP) is 2.14. The fourth-order valence-corrected chi connectivity index (χ4v) is 4.83. The van der Waals surface area contributed by atoms with Crippen molar-refractivity contribution >= 4 is 29.4 Å². The van der Waals surface area contributed by atoms with Crippen molar-refractivity contribution in [1.29, 1.82) is 0 Å². The van der Waals surface area contributed by atoms with Crippen molar-refractivity contribution in [3.63, 3.8) is 0 Å². The lowest BCUT2D eigenvalue weighted by Gasteiger charge is -2.28. The first-order chi connectivity index (χ1) is 14.3. The van der Waals surface area contributed by atoms with Gasteiger partial charge >= 0.3 is 5.97 Å². The fourth-order valence-electron chi connectivity index (χ4n) is 4.83. The van der Waals surface area contributed by atoms with Crippen molar-refractivity contribution in [1.82, 2.24) is 4.90 Å². The Balaban J connectivity index is 1.41. The van der Waals surface area contributed by atoms with Gasteiger partial charge in [0.1, 0.15) is 11.9 Å². The molecule has 3 aliphatic rings. The van der Waals surface area contributed by atoms with Crippen LogP contribution in [0.5, 0.6) is 0 Å². The van der Waals surface area contributed by atoms with E-state index in [1.807, 2.05) is 12.2 Å². The molecular weight excluding hydrogens is 391 g/mol. The van der Waals surface area contributed by atoms with Gasteiger partial charge in [-0.15, -0.1) is 0 Å². The van der Waals surface area contributed by atoms with Crippen molar-refractivity contribution in [3.8, 4) is 0 Å². The van der Waals surface area contributed by atoms with Gasteiger partial charge in [0.05, 0.1) is 11.8 Å². The van der Waals surface area contributed by atoms with E-state index in [-0.39, 0.29) is 29.6 Å². The smallest absolute Gasteiger partial charge is 0.330 e. The van der Waals surface area contributed by atoms with Gasteiger partial charge in [0.2, 0.25) is 11.8 Å². The van der Waals surface area contributed by atoms with Gasteiger partial charge in [-0.3, -0.25) is 19.3 Å². The van der Waals surface area contributed by atoms with E-state index >= 15 is 0 Å². The summed E-state index contributed by atoms with van der Waals surface area (Å²) in [6.45, 7) is 2.88. The highest BCUT2D eigenvalue weighted by atomic mass is 19.1. The number of allylic oxidation sites excluding steroid dienone is 2. The first kappa shape index (κ1) is 20.3. The minimum absolute atomic E-state index is 0.0479. The minimum atomic E-state index is -1.08. The molecule has 0 radical (unpaired) electrons. The van der Waals surface area contributed by atoms with Gasteiger partial charge in [-0.05, 0) is 48.4 Å². The summed E-state index contributed by atoms with van der Waals surface area (Å²) in [5.74, 6) is -3.55. The molecule has 5 atom stereocenters. The van der Waals surface area contributed by atoms with Gasteiger partial charge in [0.25, 0.3) is 5.91 Å². The number of ether oxygens (including phenoxy) is 1. The Morgan fingerprint density at radius 2 is 1.67 bits per heavy atom. The quantitative estimate of drug-likeness (QED) is 0.437. The van der Waals surface area contributed by atoms with Crippen LogP contribution >= 0.6 is 0 Å². The van der Waals surface area contributed by atoms with Gasteiger partial charge in [-0.1, -0.05) is 26.0 Å². The number of anilines is 1. The highest BCUT2D eigenvalue weighted by Crippen LogP contribution is 2.53. The Hall–Kier alpha value is -3.03. The van der Waals surface area contributed by atoms with E-state index in [1.165, 1.54) is 24.3 Å². The average Bonchev–Trinajstić information content (AvgIpc) is 3.38. The van der Waals surface area contributed by atoms with Crippen molar-refractivity contribution < 1.29 is 28.3 Å². The molecule has 0 aromatic heterocycles. The normalized spacial score (nSPS) is 27.5. The SMILES string of the molecule is CC(C)[C@H](C(=O)OCC(=O)Nc1ccc(F)cc1)N1C(=O)[C@@H]2[C@@H](C1=O)[C@H]1C=C[C@H]2C1. The van der Waals surface area contributed by atoms with Crippen LogP contribution in [0.25, 0.3) is 0 Å². The molecule has 2 bridgehead atoms. The fraction of sp³-hybridized carbons (Fsp3) is 0.455. The molecule has 1 saturated heterocycles. The lowest BCUT2D eigenvalue weighted by atomic mass is 9.85. The number of rotatable bonds is 6. The number of amides is 3. The number of fused-ring (bicyclic) bond motifs is 5. The summed E-state index contributed by atoms with van der Waals surface area (Å²) >= 11 is 0. The summed E-state index contributed by atoms with van der Waals surface area (Å²) in [5, 5.41) is 2.49. The van der Waals surface area contributed by atoms with Crippen LogP contribution in [0.3, 0.4) is 0 Å². The van der Waals surface area contributed by atoms with E-state index in [0.717, 1.165) is 11.3 Å². The van der Waals surface area contributed by atoms with E-state index in [2.05, 4.69) is 5.32 Å². The van der Waals surface area contributed by atoms with Gasteiger partial charge in [0.15, 0.2) is 6.61 Å². The molecule has 1 N–H and O–H groups in total. The maximum absolute atomic E-state index is 13.0. The number of hydrogen-bond acceptors (Lipinski definition) is 5. The predicted molar refractivity (Wildman–Crippen MR) is 104 cm³/mol. The summed E-state index contributed by atoms with van der Waals surface area (Å²) in [7, 11) is 0. The van der Waals surface area contributed by atoms with Crippen molar-refractivity contribution in [2.24, 2.45) is 29.6 Å². The zero-order valence-electron chi connectivity index (χ0n) is 16.7. The Morgan fingerprint density at radius 1 is 1.10 bits per heavy atom. The molecule has 0 unspecified atom stereocenters. The van der Waals surface area contributed by atoms with Crippen LogP contribution in [0.15, 0.2) is 36.4 Å². The van der Waals surface area contributed by atoms with E-state index in [9.17, 15) is 23.6 Å². The molecule has 0 spiro atoms. The zero-order valence-corrected chi connectivity index (χ0v) is 16.7. The number of likely N-dealkylation sites (tertiary alicyclic amines) is 1. The van der Waals surface area contributed by atoms with E-state index < -0.39 is 42.2 Å². The van der Waals surface area contributed by atoms with E-state index in [4.69, 9.17) is 4.74 Å². The lowest BCUT2D eigenvalue weighted by molar-refractivity contribution is -0.162. The molecule has 7 nitrogen and oxygen atoms in total. The summed E-state index contributed by atoms with van der Waals surface area (Å²) < 4.78 is 18.1. The molecule has 8 heteroatoms. The molecule has 3 amide bonds. The topological polar surface area (TPSA) is 92.8 Å². The van der Waals surface area contributed by atoms with Crippen LogP contribution < -0.4 is 5.32 Å². The second-order valence-corrected chi connectivity index (χ2v) is 8.40. The van der Waals surface area contributed by atoms with Gasteiger partial charge in [-0.2, -0.15) is 0 Å². The Kier molecular flexibility index (Phi) is 5.17. The molecule has 30 heavy (non-hydrogen) atoms. The van der Waals surface area contributed by atoms with Crippen LogP contribution in [-0.2, 0) is 23.9 Å². The molecule has 1 aromatic rings. The second kappa shape index (κ2) is 7.66. The summed E-state index contributed by atoms with van der Waals surface area (Å²) in [5.41, 5.74) is 0.360. The van der Waals surface area contributed by atoms with Crippen LogP contribution in [-0.4, -0.2) is 41.2 Å². The number of imide groups is 1. The monoisotopic (exact) mass is 414 g/mol. The summed E-state index contributed by atoms with van der Waals surface area (Å²) in [6, 6.07) is 4.08. The molecule has 2 aliphatic carbocycles. The number of halogens is 1. The zero-order chi connectivity index (χ0) is 21.6. The average molecular weight is 414 g/mol. The maximum Gasteiger partial charge on any atom is 0.330 e. The van der Waals surface area contributed by atoms with Crippen LogP contribution in [0.2, 0.25) is 0 Å². The van der Waals surface area contributed by atoms with Crippen LogP contribution in [0.1, 0.15) is 20.3 Å². The number of esters is 1. The third-order valence-corrected chi connectivity index (χ3v) is 6.13. The van der Waals surface area contributed by atoms with Gasteiger partial charge in [0, 0.05) is 5.69 Å². The van der Waals surface area contributed by atoms with Gasteiger partial charge < -0.3 is 10.1 Å². The van der Waals surface area contributed by atoms with E-state index in [0.29, 0.717) is 5.69 Å². The molecular formula is C22H23FN2O5. The van der Waals surface area contributed by atoms with Crippen molar-refractivity contribution in [3.05, 3.63) is 42.2 Å². The van der Waals surface area contributed by atoms with E-state index in [1.54, 1.807) is 13.8 Å². The molecule has 1 aromatic carbocycles. The molecule has 1 saturated carbocycles. The molecule has 4 rings (SSSR count). The summed E-state index contributed by atoms with van der Waals surface area (Å²) in [6.07, 6.45) is 4.78. The lowest BCUT2D eigenvalue weighted by Crippen LogP contribution is -2.50. The number of nitrogens with zero attached hydrogens (tertiary/aromatic N) is 1. The van der Waals surface area contributed by atoms with Crippen LogP contribution in [0.4, 0.5) is 10.1 Å². The standard InChI is InChI=1S/C22H23FN2O5/c1-11(2)19(22(29)30-10-16(26)24-15-7-5-14(23)6-8-15)25-20(27)17-12-3-4-13(9-12)18(17)21(25)28/h3-8,11-13,17-19H,9-10H2,1-2H3,(H,24,26)/t12-,13-,17-,18-,19+/m0/s1. The van der Waals surface area contributed by atoms with Crippen LogP contribution in [0, 0.1) is 35.4 Å². The van der Waals surface area contributed by atoms with Gasteiger partial charge in [-0.25, -0.2) is 9.18 Å². The minimum Gasteiger partial charge on any atom is -0.454 e. The third-order valence-electron chi connectivity index (χ3n) is 6.13. The molecule has 1 heterocycles. The first-order valence-electron chi connectivity index (χ1n) is 10.0. The second-order valence-electron chi connectivity index (χ2n) is 8.40. The largest absolute Gasteiger partial charge is 0.454 e. The van der Waals surface area contributed by atoms with Crippen molar-refractivity contribution in [2.45, 2.75) is 26.3 Å². The number of benzene rings is 1. The highest BCUT2D eigenvalue weighted by Gasteiger charge is 2.61. The number of nitrogens with one attached hydrogen (secondary N) is 1. The maximum atomic E-state index is 13.0. The third kappa shape index (κ3) is 3.40. The number of carbonyl (C=O) groups is 4. The number of carbonyl (C=O) groups excluding carboxylic acids is 4. The molecule has 158 valence electrons. The number of hydrogen-bond donors (Lipinski definition) is 1. The Bertz CT molecular complexity index is 896. The first-order valence-corrected chi connectivity index (χ1v) is 10.0. The highest BCUT2D eigenvalue weighted by molar-refractivity contribution is 6.09. The summed E-state index contributed by atoms with van der Waals surface area (Å²) in [4.78, 5) is 51.9.